The lowest BCUT2D eigenvalue weighted by atomic mass is 9.83. The van der Waals surface area contributed by atoms with E-state index < -0.39 is 6.04 Å². The maximum atomic E-state index is 12.4. The number of hydroxylamine groups is 1. The Balaban J connectivity index is 1.87. The van der Waals surface area contributed by atoms with Gasteiger partial charge >= 0.3 is 5.97 Å². The lowest BCUT2D eigenvalue weighted by molar-refractivity contribution is -0.141. The largest absolute Gasteiger partial charge is 0.469 e. The smallest absolute Gasteiger partial charge is 0.306 e. The van der Waals surface area contributed by atoms with Gasteiger partial charge in [-0.05, 0) is 40.1 Å². The van der Waals surface area contributed by atoms with E-state index in [1.54, 1.807) is 0 Å². The van der Waals surface area contributed by atoms with E-state index in [2.05, 4.69) is 24.3 Å². The molecule has 0 radical (unpaired) electrons. The number of methoxy groups -OCH3 is 1. The van der Waals surface area contributed by atoms with Gasteiger partial charge in [0.15, 0.2) is 0 Å². The van der Waals surface area contributed by atoms with E-state index in [9.17, 15) is 10.0 Å². The average molecular weight is 412 g/mol. The van der Waals surface area contributed by atoms with Crippen molar-refractivity contribution < 1.29 is 14.7 Å². The van der Waals surface area contributed by atoms with E-state index in [0.29, 0.717) is 5.69 Å². The van der Waals surface area contributed by atoms with Crippen LogP contribution in [-0.2, 0) is 9.53 Å². The number of carbonyl (C=O) groups is 1. The zero-order valence-corrected chi connectivity index (χ0v) is 17.4. The van der Waals surface area contributed by atoms with Crippen molar-refractivity contribution in [2.45, 2.75) is 18.4 Å². The number of para-hydroxylation sites is 1. The van der Waals surface area contributed by atoms with E-state index in [4.69, 9.17) is 4.74 Å². The molecule has 4 nitrogen and oxygen atoms in total. The van der Waals surface area contributed by atoms with Crippen molar-refractivity contribution in [3.8, 4) is 0 Å². The number of hydrogen-bond acceptors (Lipinski definition) is 4. The van der Waals surface area contributed by atoms with Crippen LogP contribution in [0.3, 0.4) is 0 Å². The van der Waals surface area contributed by atoms with Crippen LogP contribution in [0, 0.1) is 0 Å². The summed E-state index contributed by atoms with van der Waals surface area (Å²) < 4.78 is 5.00. The van der Waals surface area contributed by atoms with Crippen LogP contribution in [0.4, 0.5) is 5.69 Å². The molecule has 0 aliphatic rings. The molecule has 4 heteroatoms. The highest BCUT2D eigenvalue weighted by molar-refractivity contribution is 5.83. The van der Waals surface area contributed by atoms with Gasteiger partial charge in [0.25, 0.3) is 0 Å². The number of carbonyl (C=O) groups excluding carboxylic acids is 1. The predicted molar refractivity (Wildman–Crippen MR) is 123 cm³/mol. The van der Waals surface area contributed by atoms with E-state index in [1.807, 2.05) is 78.9 Å². The van der Waals surface area contributed by atoms with Gasteiger partial charge in [-0.1, -0.05) is 84.9 Å². The minimum absolute atomic E-state index is 0.141. The van der Waals surface area contributed by atoms with Crippen molar-refractivity contribution in [1.29, 1.82) is 0 Å². The van der Waals surface area contributed by atoms with Crippen LogP contribution in [0.25, 0.3) is 10.8 Å². The highest BCUT2D eigenvalue weighted by Crippen LogP contribution is 2.40. The Morgan fingerprint density at radius 2 is 1.42 bits per heavy atom. The Hall–Kier alpha value is -3.63. The molecule has 0 saturated carbocycles. The van der Waals surface area contributed by atoms with Crippen LogP contribution in [-0.4, -0.2) is 18.3 Å². The molecule has 31 heavy (non-hydrogen) atoms. The number of nitrogens with zero attached hydrogens (tertiary/aromatic N) is 1. The summed E-state index contributed by atoms with van der Waals surface area (Å²) in [6, 6.07) is 33.0. The number of rotatable bonds is 7. The highest BCUT2D eigenvalue weighted by Gasteiger charge is 2.32. The molecule has 2 atom stereocenters. The third-order valence-corrected chi connectivity index (χ3v) is 5.62. The van der Waals surface area contributed by atoms with Crippen LogP contribution in [0.1, 0.15) is 29.5 Å². The van der Waals surface area contributed by atoms with Gasteiger partial charge in [-0.2, -0.15) is 0 Å². The number of esters is 1. The first-order valence-corrected chi connectivity index (χ1v) is 10.3. The molecule has 0 unspecified atom stereocenters. The monoisotopic (exact) mass is 411 g/mol. The Kier molecular flexibility index (Phi) is 6.29. The van der Waals surface area contributed by atoms with E-state index in [1.165, 1.54) is 12.2 Å². The van der Waals surface area contributed by atoms with Gasteiger partial charge in [-0.25, -0.2) is 5.06 Å². The minimum Gasteiger partial charge on any atom is -0.469 e. The Bertz CT molecular complexity index is 1140. The summed E-state index contributed by atoms with van der Waals surface area (Å²) in [5, 5.41) is 14.9. The number of benzene rings is 4. The highest BCUT2D eigenvalue weighted by atomic mass is 16.5. The molecule has 0 aromatic heterocycles. The Morgan fingerprint density at radius 3 is 2.10 bits per heavy atom. The maximum absolute atomic E-state index is 12.4. The molecular weight excluding hydrogens is 386 g/mol. The second-order valence-corrected chi connectivity index (χ2v) is 7.53. The number of anilines is 1. The van der Waals surface area contributed by atoms with Crippen molar-refractivity contribution in [3.05, 3.63) is 114 Å². The summed E-state index contributed by atoms with van der Waals surface area (Å²) in [4.78, 5) is 12.4. The molecule has 1 N–H and O–H groups in total. The third kappa shape index (κ3) is 4.60. The predicted octanol–water partition coefficient (Wildman–Crippen LogP) is 6.12. The Labute approximate surface area is 182 Å². The molecule has 156 valence electrons. The molecule has 0 heterocycles. The fourth-order valence-corrected chi connectivity index (χ4v) is 4.05. The van der Waals surface area contributed by atoms with Gasteiger partial charge in [0, 0.05) is 5.92 Å². The SMILES string of the molecule is COC(=O)C[C@H](c1ccccc1)[C@H](c1ccc2ccccc2c1)N(O)c1ccccc1. The van der Waals surface area contributed by atoms with Crippen LogP contribution in [0.5, 0.6) is 0 Å². The van der Waals surface area contributed by atoms with Crippen molar-refractivity contribution in [1.82, 2.24) is 0 Å². The van der Waals surface area contributed by atoms with Gasteiger partial charge < -0.3 is 4.74 Å². The van der Waals surface area contributed by atoms with Crippen LogP contribution < -0.4 is 5.06 Å². The standard InChI is InChI=1S/C27H25NO3/c1-31-26(29)19-25(21-11-4-2-5-12-21)27(28(30)24-14-6-3-7-15-24)23-17-16-20-10-8-9-13-22(20)18-23/h2-18,25,27,30H,19H2,1H3/t25-,27+/m1/s1. The van der Waals surface area contributed by atoms with Crippen molar-refractivity contribution in [2.75, 3.05) is 12.2 Å². The summed E-state index contributed by atoms with van der Waals surface area (Å²) in [5.41, 5.74) is 2.54. The molecule has 0 saturated heterocycles. The third-order valence-electron chi connectivity index (χ3n) is 5.62. The van der Waals surface area contributed by atoms with Crippen molar-refractivity contribution in [2.24, 2.45) is 0 Å². The molecule has 0 aliphatic carbocycles. The summed E-state index contributed by atoms with van der Waals surface area (Å²) in [7, 11) is 1.39. The molecule has 0 amide bonds. The maximum Gasteiger partial charge on any atom is 0.306 e. The minimum atomic E-state index is -0.492. The normalized spacial score (nSPS) is 12.8. The fraction of sp³-hybridized carbons (Fsp3) is 0.148. The van der Waals surface area contributed by atoms with E-state index in [0.717, 1.165) is 21.9 Å². The van der Waals surface area contributed by atoms with Gasteiger partial charge in [-0.3, -0.25) is 10.0 Å². The van der Waals surface area contributed by atoms with Gasteiger partial charge in [-0.15, -0.1) is 0 Å². The second-order valence-electron chi connectivity index (χ2n) is 7.53. The number of fused-ring (bicyclic) bond motifs is 1. The molecule has 4 aromatic carbocycles. The lowest BCUT2D eigenvalue weighted by Crippen LogP contribution is -2.31. The fourth-order valence-electron chi connectivity index (χ4n) is 4.05. The zero-order valence-electron chi connectivity index (χ0n) is 17.4. The summed E-state index contributed by atoms with van der Waals surface area (Å²) in [6.07, 6.45) is 0.141. The first-order chi connectivity index (χ1) is 15.2. The quantitative estimate of drug-likeness (QED) is 0.294. The van der Waals surface area contributed by atoms with Crippen LogP contribution in [0.15, 0.2) is 103 Å². The summed E-state index contributed by atoms with van der Waals surface area (Å²) in [5.74, 6) is -0.638. The van der Waals surface area contributed by atoms with E-state index in [-0.39, 0.29) is 18.3 Å². The Morgan fingerprint density at radius 1 is 0.806 bits per heavy atom. The van der Waals surface area contributed by atoms with Crippen LogP contribution in [0.2, 0.25) is 0 Å². The molecule has 4 rings (SSSR count). The number of hydrogen-bond donors (Lipinski definition) is 1. The molecule has 0 fully saturated rings. The van der Waals surface area contributed by atoms with Gasteiger partial charge in [0.1, 0.15) is 0 Å². The molecule has 0 aliphatic heterocycles. The van der Waals surface area contributed by atoms with Gasteiger partial charge in [0.05, 0.1) is 25.3 Å². The first-order valence-electron chi connectivity index (χ1n) is 10.3. The average Bonchev–Trinajstić information content (AvgIpc) is 2.84. The van der Waals surface area contributed by atoms with Gasteiger partial charge in [0.2, 0.25) is 0 Å². The molecule has 0 spiro atoms. The molecular formula is C27H25NO3. The lowest BCUT2D eigenvalue weighted by Gasteiger charge is -2.35. The summed E-state index contributed by atoms with van der Waals surface area (Å²) in [6.45, 7) is 0. The number of ether oxygens (including phenoxy) is 1. The second kappa shape index (κ2) is 9.45. The van der Waals surface area contributed by atoms with Crippen molar-refractivity contribution >= 4 is 22.4 Å². The first kappa shape index (κ1) is 20.6. The topological polar surface area (TPSA) is 49.8 Å². The van der Waals surface area contributed by atoms with Crippen molar-refractivity contribution in [3.63, 3.8) is 0 Å². The van der Waals surface area contributed by atoms with Crippen LogP contribution >= 0.6 is 0 Å². The summed E-state index contributed by atoms with van der Waals surface area (Å²) >= 11 is 0. The molecule has 0 bridgehead atoms. The molecule has 4 aromatic rings. The zero-order chi connectivity index (χ0) is 21.6. The van der Waals surface area contributed by atoms with E-state index >= 15 is 0 Å².